The van der Waals surface area contributed by atoms with Crippen molar-refractivity contribution in [3.05, 3.63) is 59.7 Å². The lowest BCUT2D eigenvalue weighted by Crippen LogP contribution is -2.37. The molecule has 0 radical (unpaired) electrons. The van der Waals surface area contributed by atoms with Crippen molar-refractivity contribution in [2.75, 3.05) is 19.0 Å². The van der Waals surface area contributed by atoms with E-state index in [0.29, 0.717) is 18.5 Å². The Kier molecular flexibility index (Phi) is 7.43. The van der Waals surface area contributed by atoms with Crippen LogP contribution in [0.4, 0.5) is 10.5 Å². The minimum atomic E-state index is -0.585. The van der Waals surface area contributed by atoms with Crippen LogP contribution in [0.25, 0.3) is 0 Å². The van der Waals surface area contributed by atoms with E-state index in [1.54, 1.807) is 36.4 Å². The van der Waals surface area contributed by atoms with Gasteiger partial charge in [0.1, 0.15) is 5.75 Å². The number of carbonyl (C=O) groups excluding carboxylic acids is 4. The molecule has 1 aliphatic heterocycles. The summed E-state index contributed by atoms with van der Waals surface area (Å²) in [7, 11) is 1.29. The molecule has 2 atom stereocenters. The van der Waals surface area contributed by atoms with Gasteiger partial charge < -0.3 is 20.5 Å². The van der Waals surface area contributed by atoms with Crippen LogP contribution < -0.4 is 16.0 Å². The number of imide groups is 1. The van der Waals surface area contributed by atoms with Gasteiger partial charge in [-0.05, 0) is 48.2 Å². The van der Waals surface area contributed by atoms with Crippen molar-refractivity contribution in [1.82, 2.24) is 10.6 Å². The number of hydrogen-bond acceptors (Lipinski definition) is 6. The maximum absolute atomic E-state index is 12.3. The number of phenols is 1. The van der Waals surface area contributed by atoms with Crippen LogP contribution >= 0.6 is 0 Å². The van der Waals surface area contributed by atoms with Crippen molar-refractivity contribution in [1.29, 1.82) is 0 Å². The lowest BCUT2D eigenvalue weighted by Gasteiger charge is -2.16. The largest absolute Gasteiger partial charge is 0.508 e. The average Bonchev–Trinajstić information content (AvgIpc) is 3.09. The molecule has 2 aromatic carbocycles. The van der Waals surface area contributed by atoms with Crippen LogP contribution in [0.1, 0.15) is 17.5 Å². The van der Waals surface area contributed by atoms with E-state index in [4.69, 9.17) is 4.74 Å². The molecule has 2 aromatic rings. The van der Waals surface area contributed by atoms with E-state index in [9.17, 15) is 24.3 Å². The van der Waals surface area contributed by atoms with Gasteiger partial charge in [0.25, 0.3) is 0 Å². The Morgan fingerprint density at radius 3 is 2.34 bits per heavy atom. The van der Waals surface area contributed by atoms with Crippen LogP contribution in [0.15, 0.2) is 48.5 Å². The first-order valence-corrected chi connectivity index (χ1v) is 10.2. The van der Waals surface area contributed by atoms with E-state index in [1.165, 1.54) is 19.2 Å². The zero-order valence-electron chi connectivity index (χ0n) is 17.6. The van der Waals surface area contributed by atoms with Gasteiger partial charge in [-0.15, -0.1) is 0 Å². The molecular formula is C23H25N3O6. The minimum Gasteiger partial charge on any atom is -0.508 e. The maximum atomic E-state index is 12.3. The molecule has 4 N–H and O–H groups in total. The summed E-state index contributed by atoms with van der Waals surface area (Å²) in [6.45, 7) is 0.0717. The van der Waals surface area contributed by atoms with Gasteiger partial charge in [-0.1, -0.05) is 24.3 Å². The molecule has 3 rings (SSSR count). The van der Waals surface area contributed by atoms with Gasteiger partial charge in [0.2, 0.25) is 11.8 Å². The third kappa shape index (κ3) is 6.31. The fourth-order valence-corrected chi connectivity index (χ4v) is 3.49. The van der Waals surface area contributed by atoms with Crippen LogP contribution in [-0.4, -0.2) is 42.6 Å². The number of benzene rings is 2. The SMILES string of the molecule is COC(=O)[C@@H](CNC(=O)Nc1ccc(C[C@H]2CC(=O)NC2=O)cc1)Cc1ccc(O)cc1. The minimum absolute atomic E-state index is 0.0717. The highest BCUT2D eigenvalue weighted by molar-refractivity contribution is 6.03. The van der Waals surface area contributed by atoms with Crippen molar-refractivity contribution < 1.29 is 29.0 Å². The van der Waals surface area contributed by atoms with Gasteiger partial charge in [0, 0.05) is 18.7 Å². The van der Waals surface area contributed by atoms with Crippen LogP contribution in [0.5, 0.6) is 5.75 Å². The lowest BCUT2D eigenvalue weighted by atomic mass is 9.98. The highest BCUT2D eigenvalue weighted by atomic mass is 16.5. The number of phenolic OH excluding ortho intramolecular Hbond substituents is 1. The lowest BCUT2D eigenvalue weighted by molar-refractivity contribution is -0.145. The highest BCUT2D eigenvalue weighted by Crippen LogP contribution is 2.19. The molecule has 0 saturated carbocycles. The van der Waals surface area contributed by atoms with Crippen LogP contribution in [-0.2, 0) is 32.0 Å². The number of carbonyl (C=O) groups is 4. The Hall–Kier alpha value is -3.88. The fourth-order valence-electron chi connectivity index (χ4n) is 3.49. The monoisotopic (exact) mass is 439 g/mol. The number of hydrogen-bond donors (Lipinski definition) is 4. The molecule has 9 nitrogen and oxygen atoms in total. The summed E-state index contributed by atoms with van der Waals surface area (Å²) in [5, 5.41) is 17.0. The molecule has 0 unspecified atom stereocenters. The van der Waals surface area contributed by atoms with Gasteiger partial charge in [-0.25, -0.2) is 4.79 Å². The normalized spacial score (nSPS) is 16.2. The second kappa shape index (κ2) is 10.4. The number of anilines is 1. The number of ether oxygens (including phenoxy) is 1. The summed E-state index contributed by atoms with van der Waals surface area (Å²) in [6.07, 6.45) is 0.980. The number of amides is 4. The number of methoxy groups -OCH3 is 1. The topological polar surface area (TPSA) is 134 Å². The van der Waals surface area contributed by atoms with Gasteiger partial charge in [-0.2, -0.15) is 0 Å². The summed E-state index contributed by atoms with van der Waals surface area (Å²) in [4.78, 5) is 47.3. The van der Waals surface area contributed by atoms with E-state index >= 15 is 0 Å². The number of rotatable bonds is 8. The predicted molar refractivity (Wildman–Crippen MR) is 116 cm³/mol. The number of nitrogens with one attached hydrogen (secondary N) is 3. The Balaban J connectivity index is 1.51. The Bertz CT molecular complexity index is 988. The predicted octanol–water partition coefficient (Wildman–Crippen LogP) is 1.75. The van der Waals surface area contributed by atoms with E-state index in [0.717, 1.165) is 11.1 Å². The van der Waals surface area contributed by atoms with Gasteiger partial charge in [0.15, 0.2) is 0 Å². The summed E-state index contributed by atoms with van der Waals surface area (Å²) in [5.74, 6) is -1.79. The Labute approximate surface area is 185 Å². The number of urea groups is 1. The number of aromatic hydroxyl groups is 1. The molecule has 0 spiro atoms. The second-order valence-corrected chi connectivity index (χ2v) is 7.64. The Morgan fingerprint density at radius 1 is 1.09 bits per heavy atom. The first-order chi connectivity index (χ1) is 15.3. The molecule has 168 valence electrons. The quantitative estimate of drug-likeness (QED) is 0.366. The van der Waals surface area contributed by atoms with Crippen molar-refractivity contribution in [2.45, 2.75) is 19.3 Å². The molecule has 1 heterocycles. The van der Waals surface area contributed by atoms with E-state index in [-0.39, 0.29) is 36.4 Å². The van der Waals surface area contributed by atoms with Gasteiger partial charge >= 0.3 is 12.0 Å². The van der Waals surface area contributed by atoms with Crippen molar-refractivity contribution in [2.24, 2.45) is 11.8 Å². The second-order valence-electron chi connectivity index (χ2n) is 7.64. The van der Waals surface area contributed by atoms with Crippen LogP contribution in [0.3, 0.4) is 0 Å². The van der Waals surface area contributed by atoms with E-state index in [1.807, 2.05) is 0 Å². The maximum Gasteiger partial charge on any atom is 0.319 e. The Morgan fingerprint density at radius 2 is 1.75 bits per heavy atom. The molecule has 4 amide bonds. The average molecular weight is 439 g/mol. The smallest absolute Gasteiger partial charge is 0.319 e. The third-order valence-electron chi connectivity index (χ3n) is 5.22. The molecule has 32 heavy (non-hydrogen) atoms. The van der Waals surface area contributed by atoms with Gasteiger partial charge in [0.05, 0.1) is 18.9 Å². The summed E-state index contributed by atoms with van der Waals surface area (Å²) in [5.41, 5.74) is 2.26. The van der Waals surface area contributed by atoms with E-state index < -0.39 is 17.9 Å². The van der Waals surface area contributed by atoms with Crippen LogP contribution in [0, 0.1) is 11.8 Å². The molecule has 0 aliphatic carbocycles. The summed E-state index contributed by atoms with van der Waals surface area (Å²) >= 11 is 0. The number of esters is 1. The molecule has 1 aliphatic rings. The first-order valence-electron chi connectivity index (χ1n) is 10.2. The van der Waals surface area contributed by atoms with E-state index in [2.05, 4.69) is 16.0 Å². The molecule has 0 aromatic heterocycles. The van der Waals surface area contributed by atoms with Crippen molar-refractivity contribution >= 4 is 29.5 Å². The summed E-state index contributed by atoms with van der Waals surface area (Å²) in [6, 6.07) is 13.0. The molecule has 1 saturated heterocycles. The highest BCUT2D eigenvalue weighted by Gasteiger charge is 2.30. The summed E-state index contributed by atoms with van der Waals surface area (Å²) < 4.78 is 4.83. The molecular weight excluding hydrogens is 414 g/mol. The zero-order valence-corrected chi connectivity index (χ0v) is 17.6. The fraction of sp³-hybridized carbons (Fsp3) is 0.304. The molecule has 0 bridgehead atoms. The molecule has 1 fully saturated rings. The molecule has 9 heteroatoms. The third-order valence-corrected chi connectivity index (χ3v) is 5.22. The van der Waals surface area contributed by atoms with Gasteiger partial charge in [-0.3, -0.25) is 19.7 Å². The van der Waals surface area contributed by atoms with Crippen LogP contribution in [0.2, 0.25) is 0 Å². The van der Waals surface area contributed by atoms with Crippen molar-refractivity contribution in [3.63, 3.8) is 0 Å². The first kappa shape index (κ1) is 22.8. The standard InChI is InChI=1S/C23H25N3O6/c1-32-22(30)17(11-15-4-8-19(27)9-5-15)13-24-23(31)25-18-6-2-14(3-7-18)10-16-12-20(28)26-21(16)29/h2-9,16-17,27H,10-13H2,1H3,(H2,24,25,31)(H,26,28,29)/t16-,17+/m0/s1. The van der Waals surface area contributed by atoms with Crippen molar-refractivity contribution in [3.8, 4) is 5.75 Å². The zero-order chi connectivity index (χ0) is 23.1.